The fourth-order valence-corrected chi connectivity index (χ4v) is 1.68. The van der Waals surface area contributed by atoms with Gasteiger partial charge in [0.05, 0.1) is 25.9 Å². The number of nitrogens with zero attached hydrogens (tertiary/aromatic N) is 1. The molecule has 0 spiro atoms. The number of hydrogen-bond acceptors (Lipinski definition) is 4. The summed E-state index contributed by atoms with van der Waals surface area (Å²) >= 11 is 0. The van der Waals surface area contributed by atoms with Crippen LogP contribution in [0, 0.1) is 11.3 Å². The van der Waals surface area contributed by atoms with Gasteiger partial charge in [0.1, 0.15) is 17.5 Å². The lowest BCUT2D eigenvalue weighted by Gasteiger charge is -2.13. The van der Waals surface area contributed by atoms with Crippen LogP contribution in [0.25, 0.3) is 0 Å². The molecule has 0 aliphatic heterocycles. The molecule has 0 saturated carbocycles. The largest absolute Gasteiger partial charge is 0.497 e. The predicted octanol–water partition coefficient (Wildman–Crippen LogP) is 2.13. The number of rotatable bonds is 6. The van der Waals surface area contributed by atoms with Crippen molar-refractivity contribution in [3.8, 4) is 17.6 Å². The third kappa shape index (κ3) is 3.88. The molecule has 5 heteroatoms. The van der Waals surface area contributed by atoms with Gasteiger partial charge < -0.3 is 14.8 Å². The highest BCUT2D eigenvalue weighted by atomic mass is 16.5. The van der Waals surface area contributed by atoms with Crippen molar-refractivity contribution in [3.05, 3.63) is 23.8 Å². The lowest BCUT2D eigenvalue weighted by atomic mass is 10.1. The minimum atomic E-state index is -0.482. The minimum absolute atomic E-state index is 0.320. The van der Waals surface area contributed by atoms with E-state index in [0.29, 0.717) is 23.5 Å². The SMILES string of the molecule is CCCC(C#N)NC(=O)c1ccc(OC)cc1OC. The fraction of sp³-hybridized carbons (Fsp3) is 0.429. The van der Waals surface area contributed by atoms with Crippen molar-refractivity contribution < 1.29 is 14.3 Å². The summed E-state index contributed by atoms with van der Waals surface area (Å²) in [7, 11) is 3.03. The van der Waals surface area contributed by atoms with Crippen LogP contribution in [0.5, 0.6) is 11.5 Å². The Bertz CT molecular complexity index is 480. The van der Waals surface area contributed by atoms with Crippen LogP contribution in [-0.2, 0) is 0 Å². The Hall–Kier alpha value is -2.22. The second-order valence-electron chi connectivity index (χ2n) is 4.01. The normalized spacial score (nSPS) is 11.3. The zero-order chi connectivity index (χ0) is 14.3. The minimum Gasteiger partial charge on any atom is -0.497 e. The fourth-order valence-electron chi connectivity index (χ4n) is 1.68. The van der Waals surface area contributed by atoms with Crippen molar-refractivity contribution >= 4 is 5.91 Å². The van der Waals surface area contributed by atoms with Crippen molar-refractivity contribution in [2.45, 2.75) is 25.8 Å². The highest BCUT2D eigenvalue weighted by Crippen LogP contribution is 2.24. The number of nitriles is 1. The molecule has 0 radical (unpaired) electrons. The van der Waals surface area contributed by atoms with Crippen LogP contribution in [0.2, 0.25) is 0 Å². The maximum absolute atomic E-state index is 12.1. The Morgan fingerprint density at radius 3 is 2.68 bits per heavy atom. The molecule has 1 unspecified atom stereocenters. The maximum atomic E-state index is 12.1. The molecule has 1 aromatic carbocycles. The zero-order valence-corrected chi connectivity index (χ0v) is 11.4. The smallest absolute Gasteiger partial charge is 0.256 e. The standard InChI is InChI=1S/C14H18N2O3/c1-4-5-10(9-15)16-14(17)12-7-6-11(18-2)8-13(12)19-3/h6-8,10H,4-5H2,1-3H3,(H,16,17). The van der Waals surface area contributed by atoms with Gasteiger partial charge in [-0.1, -0.05) is 13.3 Å². The van der Waals surface area contributed by atoms with E-state index in [9.17, 15) is 4.79 Å². The number of nitrogens with one attached hydrogen (secondary N) is 1. The second-order valence-corrected chi connectivity index (χ2v) is 4.01. The predicted molar refractivity (Wildman–Crippen MR) is 71.3 cm³/mol. The van der Waals surface area contributed by atoms with Crippen molar-refractivity contribution in [3.63, 3.8) is 0 Å². The Kier molecular flexibility index (Phi) is 5.68. The highest BCUT2D eigenvalue weighted by Gasteiger charge is 2.16. The molecule has 0 aliphatic rings. The maximum Gasteiger partial charge on any atom is 0.256 e. The van der Waals surface area contributed by atoms with Gasteiger partial charge in [-0.25, -0.2) is 0 Å². The topological polar surface area (TPSA) is 71.4 Å². The van der Waals surface area contributed by atoms with Crippen LogP contribution in [0.4, 0.5) is 0 Å². The lowest BCUT2D eigenvalue weighted by Crippen LogP contribution is -2.33. The zero-order valence-electron chi connectivity index (χ0n) is 11.4. The van der Waals surface area contributed by atoms with Gasteiger partial charge in [0.25, 0.3) is 5.91 Å². The van der Waals surface area contributed by atoms with E-state index in [-0.39, 0.29) is 5.91 Å². The van der Waals surface area contributed by atoms with Crippen LogP contribution < -0.4 is 14.8 Å². The van der Waals surface area contributed by atoms with Crippen LogP contribution in [0.3, 0.4) is 0 Å². The summed E-state index contributed by atoms with van der Waals surface area (Å²) in [6.45, 7) is 1.96. The number of methoxy groups -OCH3 is 2. The van der Waals surface area contributed by atoms with Gasteiger partial charge >= 0.3 is 0 Å². The molecule has 1 atom stereocenters. The van der Waals surface area contributed by atoms with Gasteiger partial charge in [0, 0.05) is 6.07 Å². The van der Waals surface area contributed by atoms with E-state index in [1.807, 2.05) is 6.92 Å². The molecule has 1 aromatic rings. The third-order valence-electron chi connectivity index (χ3n) is 2.69. The summed E-state index contributed by atoms with van der Waals surface area (Å²) in [4.78, 5) is 12.1. The van der Waals surface area contributed by atoms with Gasteiger partial charge in [0.15, 0.2) is 0 Å². The molecule has 0 saturated heterocycles. The van der Waals surface area contributed by atoms with Crippen LogP contribution in [0.15, 0.2) is 18.2 Å². The van der Waals surface area contributed by atoms with Crippen molar-refractivity contribution in [2.75, 3.05) is 14.2 Å². The Balaban J connectivity index is 2.90. The molecule has 5 nitrogen and oxygen atoms in total. The number of ether oxygens (including phenoxy) is 2. The Morgan fingerprint density at radius 2 is 2.16 bits per heavy atom. The van der Waals surface area contributed by atoms with Crippen molar-refractivity contribution in [1.29, 1.82) is 5.26 Å². The van der Waals surface area contributed by atoms with Crippen molar-refractivity contribution in [1.82, 2.24) is 5.32 Å². The van der Waals surface area contributed by atoms with E-state index in [0.717, 1.165) is 6.42 Å². The first-order chi connectivity index (χ1) is 9.15. The van der Waals surface area contributed by atoms with Crippen LogP contribution in [0.1, 0.15) is 30.1 Å². The van der Waals surface area contributed by atoms with Gasteiger partial charge in [-0.15, -0.1) is 0 Å². The quantitative estimate of drug-likeness (QED) is 0.852. The molecular weight excluding hydrogens is 244 g/mol. The third-order valence-corrected chi connectivity index (χ3v) is 2.69. The monoisotopic (exact) mass is 262 g/mol. The first-order valence-corrected chi connectivity index (χ1v) is 6.08. The molecule has 1 amide bonds. The summed E-state index contributed by atoms with van der Waals surface area (Å²) in [6.07, 6.45) is 1.46. The second kappa shape index (κ2) is 7.27. The van der Waals surface area contributed by atoms with Crippen LogP contribution in [-0.4, -0.2) is 26.2 Å². The van der Waals surface area contributed by atoms with E-state index >= 15 is 0 Å². The summed E-state index contributed by atoms with van der Waals surface area (Å²) in [5.74, 6) is 0.711. The van der Waals surface area contributed by atoms with Crippen molar-refractivity contribution in [2.24, 2.45) is 0 Å². The average molecular weight is 262 g/mol. The van der Waals surface area contributed by atoms with Gasteiger partial charge in [0.2, 0.25) is 0 Å². The number of benzene rings is 1. The van der Waals surface area contributed by atoms with E-state index in [2.05, 4.69) is 11.4 Å². The Labute approximate surface area is 113 Å². The van der Waals surface area contributed by atoms with Gasteiger partial charge in [-0.3, -0.25) is 4.79 Å². The molecule has 0 bridgehead atoms. The van der Waals surface area contributed by atoms with Gasteiger partial charge in [-0.05, 0) is 18.6 Å². The highest BCUT2D eigenvalue weighted by molar-refractivity contribution is 5.97. The summed E-state index contributed by atoms with van der Waals surface area (Å²) in [5.41, 5.74) is 0.389. The summed E-state index contributed by atoms with van der Waals surface area (Å²) in [5, 5.41) is 11.6. The summed E-state index contributed by atoms with van der Waals surface area (Å²) in [6, 6.07) is 6.52. The van der Waals surface area contributed by atoms with E-state index in [1.54, 1.807) is 25.3 Å². The Morgan fingerprint density at radius 1 is 1.42 bits per heavy atom. The first-order valence-electron chi connectivity index (χ1n) is 6.08. The molecule has 0 fully saturated rings. The number of hydrogen-bond donors (Lipinski definition) is 1. The number of amides is 1. The first kappa shape index (κ1) is 14.8. The van der Waals surface area contributed by atoms with E-state index < -0.39 is 6.04 Å². The molecule has 0 aromatic heterocycles. The molecule has 1 N–H and O–H groups in total. The molecule has 0 aliphatic carbocycles. The molecule has 19 heavy (non-hydrogen) atoms. The summed E-state index contributed by atoms with van der Waals surface area (Å²) < 4.78 is 10.2. The molecule has 1 rings (SSSR count). The molecule has 102 valence electrons. The molecule has 0 heterocycles. The average Bonchev–Trinajstić information content (AvgIpc) is 2.45. The lowest BCUT2D eigenvalue weighted by molar-refractivity contribution is 0.0941. The van der Waals surface area contributed by atoms with E-state index in [4.69, 9.17) is 14.7 Å². The van der Waals surface area contributed by atoms with E-state index in [1.165, 1.54) is 7.11 Å². The van der Waals surface area contributed by atoms with Gasteiger partial charge in [-0.2, -0.15) is 5.26 Å². The molecular formula is C14H18N2O3. The van der Waals surface area contributed by atoms with Crippen LogP contribution >= 0.6 is 0 Å². The number of carbonyl (C=O) groups excluding carboxylic acids is 1. The number of carbonyl (C=O) groups is 1.